The molecule has 1 aromatic carbocycles. The van der Waals surface area contributed by atoms with Crippen LogP contribution < -0.4 is 4.74 Å². The molecule has 0 fully saturated rings. The quantitative estimate of drug-likeness (QED) is 0.432. The van der Waals surface area contributed by atoms with Crippen molar-refractivity contribution in [1.82, 2.24) is 0 Å². The van der Waals surface area contributed by atoms with Gasteiger partial charge in [-0.1, -0.05) is 6.58 Å². The molecule has 0 radical (unpaired) electrons. The van der Waals surface area contributed by atoms with Crippen molar-refractivity contribution in [2.75, 3.05) is 6.61 Å². The van der Waals surface area contributed by atoms with E-state index in [1.54, 1.807) is 31.2 Å². The number of allylic oxidation sites excluding steroid dienone is 1. The first-order chi connectivity index (χ1) is 7.61. The molecule has 0 spiro atoms. The summed E-state index contributed by atoms with van der Waals surface area (Å²) in [6, 6.07) is 6.42. The van der Waals surface area contributed by atoms with Gasteiger partial charge in [-0.2, -0.15) is 0 Å². The second-order valence-electron chi connectivity index (χ2n) is 3.15. The average molecular weight is 220 g/mol. The smallest absolute Gasteiger partial charge is 0.349 e. The normalized spacial score (nSPS) is 9.31. The van der Waals surface area contributed by atoms with Crippen LogP contribution in [-0.4, -0.2) is 18.9 Å². The summed E-state index contributed by atoms with van der Waals surface area (Å²) >= 11 is 0. The maximum atomic E-state index is 11.1. The summed E-state index contributed by atoms with van der Waals surface area (Å²) in [5, 5.41) is 0. The molecule has 0 aliphatic carbocycles. The first kappa shape index (κ1) is 12.0. The van der Waals surface area contributed by atoms with E-state index in [2.05, 4.69) is 6.58 Å². The Balaban J connectivity index is 2.45. The molecule has 0 aliphatic heterocycles. The first-order valence-corrected chi connectivity index (χ1v) is 4.66. The van der Waals surface area contributed by atoms with Gasteiger partial charge in [0.1, 0.15) is 12.0 Å². The fourth-order valence-electron chi connectivity index (χ4n) is 1.01. The van der Waals surface area contributed by atoms with Crippen LogP contribution in [0.2, 0.25) is 0 Å². The molecule has 0 unspecified atom stereocenters. The van der Waals surface area contributed by atoms with Crippen LogP contribution in [-0.2, 0) is 9.53 Å². The Morgan fingerprint density at radius 1 is 1.38 bits per heavy atom. The molecular formula is C12H12O4. The Hall–Kier alpha value is -2.10. The van der Waals surface area contributed by atoms with Crippen LogP contribution in [0.25, 0.3) is 0 Å². The lowest BCUT2D eigenvalue weighted by atomic mass is 10.2. The molecule has 4 nitrogen and oxygen atoms in total. The molecule has 84 valence electrons. The molecule has 16 heavy (non-hydrogen) atoms. The van der Waals surface area contributed by atoms with E-state index in [0.717, 1.165) is 6.29 Å². The van der Waals surface area contributed by atoms with Crippen LogP contribution in [0.3, 0.4) is 0 Å². The van der Waals surface area contributed by atoms with Gasteiger partial charge in [-0.05, 0) is 31.2 Å². The Labute approximate surface area is 93.5 Å². The molecule has 0 saturated heterocycles. The highest BCUT2D eigenvalue weighted by Gasteiger charge is 2.04. The monoisotopic (exact) mass is 220 g/mol. The second-order valence-corrected chi connectivity index (χ2v) is 3.15. The van der Waals surface area contributed by atoms with Crippen molar-refractivity contribution in [1.29, 1.82) is 0 Å². The lowest BCUT2D eigenvalue weighted by molar-refractivity contribution is -0.141. The lowest BCUT2D eigenvalue weighted by Crippen LogP contribution is -2.13. The number of aldehydes is 1. The summed E-state index contributed by atoms with van der Waals surface area (Å²) in [5.74, 6) is 0.320. The second kappa shape index (κ2) is 5.70. The SMILES string of the molecule is C=C(C)OC(=O)COc1ccc(C=O)cc1. The van der Waals surface area contributed by atoms with Crippen LogP contribution in [0, 0.1) is 0 Å². The van der Waals surface area contributed by atoms with Crippen molar-refractivity contribution in [3.8, 4) is 5.75 Å². The number of ether oxygens (including phenoxy) is 2. The number of hydrogen-bond acceptors (Lipinski definition) is 4. The average Bonchev–Trinajstić information content (AvgIpc) is 2.26. The maximum Gasteiger partial charge on any atom is 0.349 e. The Bertz CT molecular complexity index is 392. The van der Waals surface area contributed by atoms with Gasteiger partial charge in [-0.25, -0.2) is 4.79 Å². The summed E-state index contributed by atoms with van der Waals surface area (Å²) in [7, 11) is 0. The molecule has 0 atom stereocenters. The zero-order valence-electron chi connectivity index (χ0n) is 8.93. The van der Waals surface area contributed by atoms with Crippen LogP contribution >= 0.6 is 0 Å². The Morgan fingerprint density at radius 3 is 2.50 bits per heavy atom. The molecule has 0 bridgehead atoms. The van der Waals surface area contributed by atoms with Crippen molar-refractivity contribution in [3.63, 3.8) is 0 Å². The topological polar surface area (TPSA) is 52.6 Å². The van der Waals surface area contributed by atoms with Crippen molar-refractivity contribution in [2.24, 2.45) is 0 Å². The van der Waals surface area contributed by atoms with Gasteiger partial charge in [-0.15, -0.1) is 0 Å². The predicted octanol–water partition coefficient (Wildman–Crippen LogP) is 1.95. The van der Waals surface area contributed by atoms with Gasteiger partial charge in [0, 0.05) is 5.56 Å². The van der Waals surface area contributed by atoms with E-state index >= 15 is 0 Å². The molecule has 1 aromatic rings. The third kappa shape index (κ3) is 3.96. The Morgan fingerprint density at radius 2 is 2.00 bits per heavy atom. The fraction of sp³-hybridized carbons (Fsp3) is 0.167. The predicted molar refractivity (Wildman–Crippen MR) is 58.2 cm³/mol. The first-order valence-electron chi connectivity index (χ1n) is 4.66. The number of hydrogen-bond donors (Lipinski definition) is 0. The number of esters is 1. The third-order valence-electron chi connectivity index (χ3n) is 1.66. The third-order valence-corrected chi connectivity index (χ3v) is 1.66. The van der Waals surface area contributed by atoms with Crippen molar-refractivity contribution < 1.29 is 19.1 Å². The van der Waals surface area contributed by atoms with Crippen LogP contribution in [0.5, 0.6) is 5.75 Å². The molecule has 0 aliphatic rings. The van der Waals surface area contributed by atoms with E-state index in [-0.39, 0.29) is 6.61 Å². The van der Waals surface area contributed by atoms with E-state index in [1.165, 1.54) is 0 Å². The van der Waals surface area contributed by atoms with Crippen LogP contribution in [0.15, 0.2) is 36.6 Å². The van der Waals surface area contributed by atoms with Gasteiger partial charge >= 0.3 is 5.97 Å². The highest BCUT2D eigenvalue weighted by molar-refractivity contribution is 5.75. The van der Waals surface area contributed by atoms with E-state index in [9.17, 15) is 9.59 Å². The number of carbonyl (C=O) groups is 2. The molecule has 4 heteroatoms. The van der Waals surface area contributed by atoms with E-state index in [1.807, 2.05) is 0 Å². The van der Waals surface area contributed by atoms with Crippen LogP contribution in [0.4, 0.5) is 0 Å². The van der Waals surface area contributed by atoms with Gasteiger partial charge in [0.2, 0.25) is 0 Å². The number of benzene rings is 1. The highest BCUT2D eigenvalue weighted by Crippen LogP contribution is 2.11. The van der Waals surface area contributed by atoms with E-state index in [0.29, 0.717) is 17.1 Å². The van der Waals surface area contributed by atoms with E-state index in [4.69, 9.17) is 9.47 Å². The largest absolute Gasteiger partial charge is 0.482 e. The molecular weight excluding hydrogens is 208 g/mol. The molecule has 0 N–H and O–H groups in total. The van der Waals surface area contributed by atoms with Crippen molar-refractivity contribution in [2.45, 2.75) is 6.92 Å². The van der Waals surface area contributed by atoms with Crippen LogP contribution in [0.1, 0.15) is 17.3 Å². The summed E-state index contributed by atoms with van der Waals surface area (Å²) in [5.41, 5.74) is 0.553. The number of rotatable bonds is 5. The van der Waals surface area contributed by atoms with Crippen molar-refractivity contribution in [3.05, 3.63) is 42.2 Å². The Kier molecular flexibility index (Phi) is 4.27. The molecule has 0 heterocycles. The molecule has 1 rings (SSSR count). The van der Waals surface area contributed by atoms with E-state index < -0.39 is 5.97 Å². The highest BCUT2D eigenvalue weighted by atomic mass is 16.6. The minimum absolute atomic E-state index is 0.187. The zero-order chi connectivity index (χ0) is 12.0. The van der Waals surface area contributed by atoms with Gasteiger partial charge < -0.3 is 9.47 Å². The maximum absolute atomic E-state index is 11.1. The summed E-state index contributed by atoms with van der Waals surface area (Å²) < 4.78 is 9.84. The fourth-order valence-corrected chi connectivity index (χ4v) is 1.01. The minimum Gasteiger partial charge on any atom is -0.482 e. The lowest BCUT2D eigenvalue weighted by Gasteiger charge is -2.05. The molecule has 0 aromatic heterocycles. The summed E-state index contributed by atoms with van der Waals surface area (Å²) in [6.45, 7) is 4.83. The zero-order valence-corrected chi connectivity index (χ0v) is 8.93. The van der Waals surface area contributed by atoms with Gasteiger partial charge in [0.25, 0.3) is 0 Å². The van der Waals surface area contributed by atoms with Gasteiger partial charge in [-0.3, -0.25) is 4.79 Å². The summed E-state index contributed by atoms with van der Waals surface area (Å²) in [6.07, 6.45) is 0.735. The molecule has 0 saturated carbocycles. The van der Waals surface area contributed by atoms with Gasteiger partial charge in [0.05, 0.1) is 5.76 Å². The minimum atomic E-state index is -0.507. The molecule has 0 amide bonds. The standard InChI is InChI=1S/C12H12O4/c1-9(2)16-12(14)8-15-11-5-3-10(7-13)4-6-11/h3-7H,1,8H2,2H3. The number of carbonyl (C=O) groups excluding carboxylic acids is 2. The van der Waals surface area contributed by atoms with Gasteiger partial charge in [0.15, 0.2) is 6.61 Å². The van der Waals surface area contributed by atoms with Crippen molar-refractivity contribution >= 4 is 12.3 Å². The summed E-state index contributed by atoms with van der Waals surface area (Å²) in [4.78, 5) is 21.5.